The Morgan fingerprint density at radius 3 is 2.30 bits per heavy atom. The minimum absolute atomic E-state index is 0.287. The van der Waals surface area contributed by atoms with Gasteiger partial charge in [0.15, 0.2) is 0 Å². The summed E-state index contributed by atoms with van der Waals surface area (Å²) in [5, 5.41) is 10.7. The number of rotatable bonds is 4. The van der Waals surface area contributed by atoms with E-state index in [1.807, 2.05) is 0 Å². The fourth-order valence-electron chi connectivity index (χ4n) is 3.06. The predicted molar refractivity (Wildman–Crippen MR) is 75.4 cm³/mol. The minimum Gasteiger partial charge on any atom is -0.497 e. The van der Waals surface area contributed by atoms with Gasteiger partial charge in [-0.05, 0) is 25.0 Å². The number of aliphatic hydroxyl groups excluding tert-OH is 1. The van der Waals surface area contributed by atoms with E-state index in [0.29, 0.717) is 5.75 Å². The Morgan fingerprint density at radius 2 is 1.80 bits per heavy atom. The van der Waals surface area contributed by atoms with E-state index in [-0.39, 0.29) is 5.56 Å². The largest absolute Gasteiger partial charge is 0.497 e. The van der Waals surface area contributed by atoms with Crippen LogP contribution in [0.2, 0.25) is 0 Å². The zero-order chi connectivity index (χ0) is 14.6. The maximum absolute atomic E-state index is 14.2. The van der Waals surface area contributed by atoms with Crippen molar-refractivity contribution in [3.8, 4) is 5.75 Å². The molecule has 0 aliphatic heterocycles. The van der Waals surface area contributed by atoms with E-state index in [2.05, 4.69) is 0 Å². The molecule has 0 radical (unpaired) electrons. The molecule has 20 heavy (non-hydrogen) atoms. The molecule has 1 unspecified atom stereocenters. The second-order valence-electron chi connectivity index (χ2n) is 5.47. The first-order chi connectivity index (χ1) is 9.63. The molecule has 3 nitrogen and oxygen atoms in total. The average Bonchev–Trinajstić information content (AvgIpc) is 2.72. The van der Waals surface area contributed by atoms with Gasteiger partial charge in [0.25, 0.3) is 0 Å². The molecule has 112 valence electrons. The van der Waals surface area contributed by atoms with Gasteiger partial charge < -0.3 is 14.6 Å². The fraction of sp³-hybridized carbons (Fsp3) is 0.625. The number of hydrogen-bond donors (Lipinski definition) is 1. The fourth-order valence-corrected chi connectivity index (χ4v) is 3.06. The van der Waals surface area contributed by atoms with Gasteiger partial charge in [-0.15, -0.1) is 0 Å². The molecule has 1 fully saturated rings. The van der Waals surface area contributed by atoms with Crippen LogP contribution in [0, 0.1) is 5.82 Å². The minimum atomic E-state index is -0.948. The highest BCUT2D eigenvalue weighted by atomic mass is 19.1. The molecule has 1 atom stereocenters. The Labute approximate surface area is 119 Å². The molecular weight excluding hydrogens is 259 g/mol. The van der Waals surface area contributed by atoms with Crippen LogP contribution in [0.4, 0.5) is 4.39 Å². The van der Waals surface area contributed by atoms with Crippen LogP contribution in [0.1, 0.15) is 50.2 Å². The molecule has 1 aromatic rings. The maximum Gasteiger partial charge on any atom is 0.132 e. The molecule has 1 aliphatic rings. The first-order valence-electron chi connectivity index (χ1n) is 7.19. The van der Waals surface area contributed by atoms with E-state index >= 15 is 0 Å². The Kier molecular flexibility index (Phi) is 5.00. The summed E-state index contributed by atoms with van der Waals surface area (Å²) >= 11 is 0. The smallest absolute Gasteiger partial charge is 0.132 e. The quantitative estimate of drug-likeness (QED) is 0.857. The van der Waals surface area contributed by atoms with Gasteiger partial charge in [0.1, 0.15) is 17.7 Å². The molecule has 1 N–H and O–H groups in total. The van der Waals surface area contributed by atoms with Crippen LogP contribution >= 0.6 is 0 Å². The second kappa shape index (κ2) is 6.55. The van der Waals surface area contributed by atoms with Gasteiger partial charge in [0.2, 0.25) is 0 Å². The summed E-state index contributed by atoms with van der Waals surface area (Å²) in [4.78, 5) is 0. The first kappa shape index (κ1) is 15.3. The lowest BCUT2D eigenvalue weighted by molar-refractivity contribution is -0.115. The van der Waals surface area contributed by atoms with Crippen molar-refractivity contribution in [1.82, 2.24) is 0 Å². The molecule has 0 amide bonds. The van der Waals surface area contributed by atoms with E-state index in [4.69, 9.17) is 9.47 Å². The lowest BCUT2D eigenvalue weighted by Gasteiger charge is -2.36. The highest BCUT2D eigenvalue weighted by Gasteiger charge is 2.40. The van der Waals surface area contributed by atoms with Crippen molar-refractivity contribution in [3.63, 3.8) is 0 Å². The summed E-state index contributed by atoms with van der Waals surface area (Å²) < 4.78 is 24.8. The molecule has 0 spiro atoms. The summed E-state index contributed by atoms with van der Waals surface area (Å²) in [7, 11) is 3.10. The third-order valence-corrected chi connectivity index (χ3v) is 4.36. The Morgan fingerprint density at radius 1 is 1.15 bits per heavy atom. The Bertz CT molecular complexity index is 439. The topological polar surface area (TPSA) is 38.7 Å². The summed E-state index contributed by atoms with van der Waals surface area (Å²) in [5.74, 6) is 0.00306. The SMILES string of the molecule is COc1ccc(C(O)C2(OC)CCCCCC2)c(F)c1. The standard InChI is InChI=1S/C16H23FO3/c1-19-12-7-8-13(14(17)11-12)15(18)16(20-2)9-5-3-4-6-10-16/h7-8,11,15,18H,3-6,9-10H2,1-2H3. The van der Waals surface area contributed by atoms with Crippen molar-refractivity contribution in [2.45, 2.75) is 50.2 Å². The number of ether oxygens (including phenoxy) is 2. The molecule has 0 bridgehead atoms. The van der Waals surface area contributed by atoms with Crippen LogP contribution in [0.15, 0.2) is 18.2 Å². The maximum atomic E-state index is 14.2. The van der Waals surface area contributed by atoms with E-state index in [1.54, 1.807) is 19.2 Å². The molecule has 0 aromatic heterocycles. The summed E-state index contributed by atoms with van der Waals surface area (Å²) in [6.07, 6.45) is 4.86. The summed E-state index contributed by atoms with van der Waals surface area (Å²) in [6, 6.07) is 4.56. The molecule has 2 rings (SSSR count). The monoisotopic (exact) mass is 282 g/mol. The van der Waals surface area contributed by atoms with Crippen LogP contribution < -0.4 is 4.74 Å². The van der Waals surface area contributed by atoms with Gasteiger partial charge in [-0.25, -0.2) is 4.39 Å². The highest BCUT2D eigenvalue weighted by molar-refractivity contribution is 5.31. The van der Waals surface area contributed by atoms with Crippen molar-refractivity contribution in [2.24, 2.45) is 0 Å². The number of aliphatic hydroxyl groups is 1. The van der Waals surface area contributed by atoms with Crippen LogP contribution in [0.5, 0.6) is 5.75 Å². The van der Waals surface area contributed by atoms with Crippen molar-refractivity contribution < 1.29 is 19.0 Å². The zero-order valence-corrected chi connectivity index (χ0v) is 12.2. The van der Waals surface area contributed by atoms with E-state index in [1.165, 1.54) is 13.2 Å². The zero-order valence-electron chi connectivity index (χ0n) is 12.2. The second-order valence-corrected chi connectivity index (χ2v) is 5.47. The molecule has 0 saturated heterocycles. The molecule has 0 heterocycles. The predicted octanol–water partition coefficient (Wildman–Crippen LogP) is 3.61. The van der Waals surface area contributed by atoms with Gasteiger partial charge in [0.05, 0.1) is 12.7 Å². The molecule has 1 saturated carbocycles. The van der Waals surface area contributed by atoms with Crippen LogP contribution in [-0.4, -0.2) is 24.9 Å². The number of benzene rings is 1. The third-order valence-electron chi connectivity index (χ3n) is 4.36. The lowest BCUT2D eigenvalue weighted by atomic mass is 9.84. The number of hydrogen-bond acceptors (Lipinski definition) is 3. The summed E-state index contributed by atoms with van der Waals surface area (Å²) in [6.45, 7) is 0. The van der Waals surface area contributed by atoms with Gasteiger partial charge in [-0.2, -0.15) is 0 Å². The normalized spacial score (nSPS) is 20.2. The number of halogens is 1. The van der Waals surface area contributed by atoms with E-state index < -0.39 is 17.5 Å². The van der Waals surface area contributed by atoms with Crippen LogP contribution in [-0.2, 0) is 4.74 Å². The van der Waals surface area contributed by atoms with Crippen molar-refractivity contribution in [3.05, 3.63) is 29.6 Å². The third kappa shape index (κ3) is 2.96. The van der Waals surface area contributed by atoms with Crippen LogP contribution in [0.25, 0.3) is 0 Å². The Hall–Kier alpha value is -1.13. The van der Waals surface area contributed by atoms with Gasteiger partial charge >= 0.3 is 0 Å². The first-order valence-corrected chi connectivity index (χ1v) is 7.19. The molecule has 4 heteroatoms. The molecular formula is C16H23FO3. The molecule has 1 aliphatic carbocycles. The van der Waals surface area contributed by atoms with Crippen molar-refractivity contribution in [2.75, 3.05) is 14.2 Å². The Balaban J connectivity index is 2.29. The summed E-state index contributed by atoms with van der Waals surface area (Å²) in [5.41, 5.74) is -0.388. The van der Waals surface area contributed by atoms with Crippen molar-refractivity contribution >= 4 is 0 Å². The number of methoxy groups -OCH3 is 2. The van der Waals surface area contributed by atoms with E-state index in [0.717, 1.165) is 38.5 Å². The van der Waals surface area contributed by atoms with Crippen LogP contribution in [0.3, 0.4) is 0 Å². The average molecular weight is 282 g/mol. The van der Waals surface area contributed by atoms with E-state index in [9.17, 15) is 9.50 Å². The van der Waals surface area contributed by atoms with Gasteiger partial charge in [0, 0.05) is 18.7 Å². The van der Waals surface area contributed by atoms with Gasteiger partial charge in [-0.1, -0.05) is 25.7 Å². The molecule has 1 aromatic carbocycles. The van der Waals surface area contributed by atoms with Crippen molar-refractivity contribution in [1.29, 1.82) is 0 Å². The van der Waals surface area contributed by atoms with Gasteiger partial charge in [-0.3, -0.25) is 0 Å². The lowest BCUT2D eigenvalue weighted by Crippen LogP contribution is -2.38. The highest BCUT2D eigenvalue weighted by Crippen LogP contribution is 2.41.